The summed E-state index contributed by atoms with van der Waals surface area (Å²) in [6.07, 6.45) is 2.40. The molecule has 1 atom stereocenters. The van der Waals surface area contributed by atoms with Gasteiger partial charge in [-0.2, -0.15) is 0 Å². The van der Waals surface area contributed by atoms with E-state index in [9.17, 15) is 0 Å². The van der Waals surface area contributed by atoms with Crippen molar-refractivity contribution >= 4 is 5.84 Å². The fraction of sp³-hybridized carbons (Fsp3) is 0.500. The monoisotopic (exact) mass is 231 g/mol. The third-order valence-corrected chi connectivity index (χ3v) is 3.29. The van der Waals surface area contributed by atoms with Crippen LogP contribution in [0.2, 0.25) is 0 Å². The number of rotatable bonds is 3. The molecule has 0 bridgehead atoms. The molecule has 0 saturated carbocycles. The Kier molecular flexibility index (Phi) is 3.79. The molecule has 1 N–H and O–H groups in total. The maximum absolute atomic E-state index is 8.31. The van der Waals surface area contributed by atoms with E-state index >= 15 is 0 Å². The molecular weight excluding hydrogens is 210 g/mol. The highest BCUT2D eigenvalue weighted by Gasteiger charge is 2.27. The van der Waals surface area contributed by atoms with Gasteiger partial charge >= 0.3 is 0 Å². The maximum Gasteiger partial charge on any atom is 0.128 e. The smallest absolute Gasteiger partial charge is 0.128 e. The summed E-state index contributed by atoms with van der Waals surface area (Å²) in [5.74, 6) is 0.676. The number of benzene rings is 1. The van der Waals surface area contributed by atoms with Gasteiger partial charge in [0.2, 0.25) is 0 Å². The first kappa shape index (κ1) is 12.1. The summed E-state index contributed by atoms with van der Waals surface area (Å²) >= 11 is 0. The second-order valence-electron chi connectivity index (χ2n) is 4.97. The normalized spacial score (nSPS) is 19.9. The third-order valence-electron chi connectivity index (χ3n) is 3.29. The van der Waals surface area contributed by atoms with E-state index in [1.165, 1.54) is 12.8 Å². The first-order chi connectivity index (χ1) is 8.18. The Balaban J connectivity index is 2.08. The molecular formula is C14H21N3. The van der Waals surface area contributed by atoms with Crippen LogP contribution in [0.15, 0.2) is 30.3 Å². The van der Waals surface area contributed by atoms with E-state index in [0.717, 1.165) is 18.7 Å². The Morgan fingerprint density at radius 3 is 2.71 bits per heavy atom. The summed E-state index contributed by atoms with van der Waals surface area (Å²) in [5, 5.41) is 8.31. The van der Waals surface area contributed by atoms with E-state index < -0.39 is 0 Å². The second kappa shape index (κ2) is 5.32. The first-order valence-electron chi connectivity index (χ1n) is 6.24. The second-order valence-corrected chi connectivity index (χ2v) is 4.97. The molecule has 3 nitrogen and oxygen atoms in total. The summed E-state index contributed by atoms with van der Waals surface area (Å²) < 4.78 is 0. The fourth-order valence-corrected chi connectivity index (χ4v) is 2.50. The molecule has 0 aromatic heterocycles. The van der Waals surface area contributed by atoms with E-state index in [1.54, 1.807) is 0 Å². The SMILES string of the molecule is CN(C)CC1CCCN1C(=N)c1ccccc1. The van der Waals surface area contributed by atoms with E-state index in [2.05, 4.69) is 23.9 Å². The van der Waals surface area contributed by atoms with Crippen molar-refractivity contribution < 1.29 is 0 Å². The highest BCUT2D eigenvalue weighted by molar-refractivity contribution is 5.96. The zero-order valence-electron chi connectivity index (χ0n) is 10.7. The minimum Gasteiger partial charge on any atom is -0.352 e. The van der Waals surface area contributed by atoms with Gasteiger partial charge in [0.15, 0.2) is 0 Å². The summed E-state index contributed by atoms with van der Waals surface area (Å²) in [6.45, 7) is 2.06. The molecule has 17 heavy (non-hydrogen) atoms. The zero-order valence-corrected chi connectivity index (χ0v) is 10.7. The van der Waals surface area contributed by atoms with Crippen LogP contribution in [0.5, 0.6) is 0 Å². The molecule has 1 aromatic rings. The van der Waals surface area contributed by atoms with Crippen LogP contribution in [0, 0.1) is 5.41 Å². The van der Waals surface area contributed by atoms with Crippen LogP contribution < -0.4 is 0 Å². The lowest BCUT2D eigenvalue weighted by molar-refractivity contribution is 0.285. The van der Waals surface area contributed by atoms with E-state index in [-0.39, 0.29) is 0 Å². The van der Waals surface area contributed by atoms with Crippen LogP contribution in [-0.4, -0.2) is 48.9 Å². The van der Waals surface area contributed by atoms with Gasteiger partial charge in [0.25, 0.3) is 0 Å². The van der Waals surface area contributed by atoms with Crippen LogP contribution in [0.4, 0.5) is 0 Å². The fourth-order valence-electron chi connectivity index (χ4n) is 2.50. The van der Waals surface area contributed by atoms with E-state index in [4.69, 9.17) is 5.41 Å². The number of hydrogen-bond donors (Lipinski definition) is 1. The molecule has 3 heteroatoms. The van der Waals surface area contributed by atoms with E-state index in [0.29, 0.717) is 11.9 Å². The predicted octanol–water partition coefficient (Wildman–Crippen LogP) is 2.04. The van der Waals surface area contributed by atoms with Gasteiger partial charge in [0.1, 0.15) is 5.84 Å². The van der Waals surface area contributed by atoms with Crippen LogP contribution in [0.25, 0.3) is 0 Å². The Morgan fingerprint density at radius 2 is 2.06 bits per heavy atom. The Bertz CT molecular complexity index is 372. The highest BCUT2D eigenvalue weighted by Crippen LogP contribution is 2.20. The van der Waals surface area contributed by atoms with Gasteiger partial charge in [-0.1, -0.05) is 30.3 Å². The molecule has 1 aromatic carbocycles. The molecule has 0 radical (unpaired) electrons. The average Bonchev–Trinajstić information content (AvgIpc) is 2.76. The minimum atomic E-state index is 0.498. The number of hydrogen-bond acceptors (Lipinski definition) is 2. The minimum absolute atomic E-state index is 0.498. The van der Waals surface area contributed by atoms with Gasteiger partial charge < -0.3 is 9.80 Å². The van der Waals surface area contributed by atoms with Crippen molar-refractivity contribution in [2.45, 2.75) is 18.9 Å². The van der Waals surface area contributed by atoms with Crippen LogP contribution in [0.1, 0.15) is 18.4 Å². The quantitative estimate of drug-likeness (QED) is 0.637. The molecule has 1 saturated heterocycles. The molecule has 0 amide bonds. The van der Waals surface area contributed by atoms with Crippen molar-refractivity contribution in [3.05, 3.63) is 35.9 Å². The topological polar surface area (TPSA) is 30.3 Å². The number of likely N-dealkylation sites (tertiary alicyclic amines) is 1. The Hall–Kier alpha value is -1.35. The van der Waals surface area contributed by atoms with Gasteiger partial charge in [-0.25, -0.2) is 0 Å². The van der Waals surface area contributed by atoms with Gasteiger partial charge in [0, 0.05) is 24.7 Å². The van der Waals surface area contributed by atoms with Crippen molar-refractivity contribution in [2.75, 3.05) is 27.2 Å². The molecule has 2 rings (SSSR count). The van der Waals surface area contributed by atoms with E-state index in [1.807, 2.05) is 30.3 Å². The first-order valence-corrected chi connectivity index (χ1v) is 6.24. The van der Waals surface area contributed by atoms with Gasteiger partial charge in [-0.05, 0) is 26.9 Å². The van der Waals surface area contributed by atoms with Crippen LogP contribution >= 0.6 is 0 Å². The number of likely N-dealkylation sites (N-methyl/N-ethyl adjacent to an activating group) is 1. The lowest BCUT2D eigenvalue weighted by Crippen LogP contribution is -2.41. The van der Waals surface area contributed by atoms with Crippen molar-refractivity contribution in [1.82, 2.24) is 9.80 Å². The average molecular weight is 231 g/mol. The molecule has 1 aliphatic heterocycles. The number of nitrogens with zero attached hydrogens (tertiary/aromatic N) is 2. The van der Waals surface area contributed by atoms with Crippen LogP contribution in [-0.2, 0) is 0 Å². The summed E-state index contributed by atoms with van der Waals surface area (Å²) in [6, 6.07) is 10.5. The van der Waals surface area contributed by atoms with Gasteiger partial charge in [0.05, 0.1) is 0 Å². The zero-order chi connectivity index (χ0) is 12.3. The molecule has 0 aliphatic carbocycles. The standard InChI is InChI=1S/C14H21N3/c1-16(2)11-13-9-6-10-17(13)14(15)12-7-4-3-5-8-12/h3-5,7-8,13,15H,6,9-11H2,1-2H3. The molecule has 1 heterocycles. The lowest BCUT2D eigenvalue weighted by Gasteiger charge is -2.29. The summed E-state index contributed by atoms with van der Waals surface area (Å²) in [7, 11) is 4.20. The molecule has 1 aliphatic rings. The lowest BCUT2D eigenvalue weighted by atomic mass is 10.1. The summed E-state index contributed by atoms with van der Waals surface area (Å²) in [5.41, 5.74) is 1.03. The number of amidine groups is 1. The Morgan fingerprint density at radius 1 is 1.35 bits per heavy atom. The van der Waals surface area contributed by atoms with Crippen molar-refractivity contribution in [3.8, 4) is 0 Å². The summed E-state index contributed by atoms with van der Waals surface area (Å²) in [4.78, 5) is 4.45. The molecule has 92 valence electrons. The largest absolute Gasteiger partial charge is 0.352 e. The molecule has 1 unspecified atom stereocenters. The van der Waals surface area contributed by atoms with Crippen molar-refractivity contribution in [2.24, 2.45) is 0 Å². The van der Waals surface area contributed by atoms with Crippen molar-refractivity contribution in [1.29, 1.82) is 5.41 Å². The van der Waals surface area contributed by atoms with Gasteiger partial charge in [-0.15, -0.1) is 0 Å². The Labute approximate surface area is 104 Å². The highest BCUT2D eigenvalue weighted by atomic mass is 15.2. The van der Waals surface area contributed by atoms with Crippen LogP contribution in [0.3, 0.4) is 0 Å². The maximum atomic E-state index is 8.31. The third kappa shape index (κ3) is 2.86. The predicted molar refractivity (Wildman–Crippen MR) is 71.6 cm³/mol. The molecule has 0 spiro atoms. The van der Waals surface area contributed by atoms with Gasteiger partial charge in [-0.3, -0.25) is 5.41 Å². The molecule has 1 fully saturated rings. The number of nitrogens with one attached hydrogen (secondary N) is 1. The van der Waals surface area contributed by atoms with Crippen molar-refractivity contribution in [3.63, 3.8) is 0 Å².